The number of aliphatic hydroxyl groups is 1. The zero-order chi connectivity index (χ0) is 9.14. The maximum Gasteiger partial charge on any atom is 0.194 e. The Hall–Kier alpha value is -1.29. The minimum Gasteiger partial charge on any atom is -0.502 e. The monoisotopic (exact) mass is 172 g/mol. The number of aliphatic hydroxyl groups excluding tert-OH is 1. The van der Waals surface area contributed by atoms with Gasteiger partial charge >= 0.3 is 0 Å². The van der Waals surface area contributed by atoms with E-state index in [1.807, 2.05) is 0 Å². The van der Waals surface area contributed by atoms with Crippen LogP contribution in [0.5, 0.6) is 11.5 Å². The van der Waals surface area contributed by atoms with Crippen molar-refractivity contribution < 1.29 is 19.3 Å². The van der Waals surface area contributed by atoms with Crippen LogP contribution in [0.15, 0.2) is 12.1 Å². The SMILES string of the molecule is COc1ccc(CO)c(F)c1O. The molecule has 0 spiro atoms. The molecule has 0 bridgehead atoms. The first kappa shape index (κ1) is 8.80. The highest BCUT2D eigenvalue weighted by Crippen LogP contribution is 2.30. The van der Waals surface area contributed by atoms with Crippen LogP contribution in [-0.4, -0.2) is 17.3 Å². The molecule has 0 saturated carbocycles. The van der Waals surface area contributed by atoms with E-state index in [0.717, 1.165) is 0 Å². The van der Waals surface area contributed by atoms with Crippen LogP contribution < -0.4 is 4.74 Å². The average Bonchev–Trinajstić information content (AvgIpc) is 2.10. The highest BCUT2D eigenvalue weighted by molar-refractivity contribution is 5.43. The summed E-state index contributed by atoms with van der Waals surface area (Å²) in [7, 11) is 1.33. The van der Waals surface area contributed by atoms with E-state index in [1.165, 1.54) is 19.2 Å². The molecule has 0 radical (unpaired) electrons. The third kappa shape index (κ3) is 1.33. The molecular formula is C8H9FO3. The van der Waals surface area contributed by atoms with Crippen LogP contribution in [-0.2, 0) is 6.61 Å². The number of benzene rings is 1. The summed E-state index contributed by atoms with van der Waals surface area (Å²) in [4.78, 5) is 0. The average molecular weight is 172 g/mol. The van der Waals surface area contributed by atoms with Gasteiger partial charge in [0.05, 0.1) is 13.7 Å². The Morgan fingerprint density at radius 1 is 1.50 bits per heavy atom. The van der Waals surface area contributed by atoms with E-state index in [-0.39, 0.29) is 11.3 Å². The summed E-state index contributed by atoms with van der Waals surface area (Å²) in [6, 6.07) is 2.75. The van der Waals surface area contributed by atoms with Crippen LogP contribution in [0.2, 0.25) is 0 Å². The van der Waals surface area contributed by atoms with Gasteiger partial charge in [0.1, 0.15) is 0 Å². The Kier molecular flexibility index (Phi) is 2.50. The molecule has 1 rings (SSSR count). The van der Waals surface area contributed by atoms with Gasteiger partial charge < -0.3 is 14.9 Å². The van der Waals surface area contributed by atoms with Gasteiger partial charge in [0.25, 0.3) is 0 Å². The highest BCUT2D eigenvalue weighted by Gasteiger charge is 2.11. The number of phenolic OH excluding ortho intramolecular Hbond substituents is 1. The molecule has 0 saturated heterocycles. The zero-order valence-electron chi connectivity index (χ0n) is 6.54. The largest absolute Gasteiger partial charge is 0.502 e. The van der Waals surface area contributed by atoms with Crippen molar-refractivity contribution >= 4 is 0 Å². The minimum atomic E-state index is -0.836. The van der Waals surface area contributed by atoms with Crippen molar-refractivity contribution in [2.45, 2.75) is 6.61 Å². The van der Waals surface area contributed by atoms with Gasteiger partial charge in [-0.1, -0.05) is 0 Å². The predicted octanol–water partition coefficient (Wildman–Crippen LogP) is 1.03. The third-order valence-electron chi connectivity index (χ3n) is 1.55. The summed E-state index contributed by atoms with van der Waals surface area (Å²) in [5.74, 6) is -1.34. The predicted molar refractivity (Wildman–Crippen MR) is 40.5 cm³/mol. The van der Waals surface area contributed by atoms with E-state index < -0.39 is 18.2 Å². The Labute approximate surface area is 69.0 Å². The molecule has 0 unspecified atom stereocenters. The van der Waals surface area contributed by atoms with E-state index in [0.29, 0.717) is 0 Å². The lowest BCUT2D eigenvalue weighted by molar-refractivity contribution is 0.271. The number of methoxy groups -OCH3 is 1. The zero-order valence-corrected chi connectivity index (χ0v) is 6.54. The molecule has 4 heteroatoms. The number of aromatic hydroxyl groups is 1. The summed E-state index contributed by atoms with van der Waals surface area (Å²) in [5, 5.41) is 17.7. The van der Waals surface area contributed by atoms with E-state index >= 15 is 0 Å². The summed E-state index contributed by atoms with van der Waals surface area (Å²) < 4.78 is 17.6. The standard InChI is InChI=1S/C8H9FO3/c1-12-6-3-2-5(4-10)7(9)8(6)11/h2-3,10-11H,4H2,1H3. The second-order valence-corrected chi connectivity index (χ2v) is 2.25. The fraction of sp³-hybridized carbons (Fsp3) is 0.250. The molecule has 1 aromatic rings. The molecule has 1 aromatic carbocycles. The van der Waals surface area contributed by atoms with Crippen LogP contribution in [0.25, 0.3) is 0 Å². The van der Waals surface area contributed by atoms with Gasteiger partial charge in [-0.2, -0.15) is 0 Å². The molecule has 0 aromatic heterocycles. The molecule has 66 valence electrons. The smallest absolute Gasteiger partial charge is 0.194 e. The maximum atomic E-state index is 13.0. The lowest BCUT2D eigenvalue weighted by atomic mass is 10.2. The van der Waals surface area contributed by atoms with Gasteiger partial charge in [-0.25, -0.2) is 4.39 Å². The summed E-state index contributed by atoms with van der Waals surface area (Å²) >= 11 is 0. The van der Waals surface area contributed by atoms with Gasteiger partial charge in [-0.3, -0.25) is 0 Å². The number of phenols is 1. The molecular weight excluding hydrogens is 163 g/mol. The minimum absolute atomic E-state index is 0.0494. The number of hydrogen-bond donors (Lipinski definition) is 2. The van der Waals surface area contributed by atoms with Gasteiger partial charge in [-0.15, -0.1) is 0 Å². The number of halogens is 1. The second-order valence-electron chi connectivity index (χ2n) is 2.25. The van der Waals surface area contributed by atoms with Crippen molar-refractivity contribution in [2.24, 2.45) is 0 Å². The molecule has 0 amide bonds. The Balaban J connectivity index is 3.20. The molecule has 0 aliphatic heterocycles. The highest BCUT2D eigenvalue weighted by atomic mass is 19.1. The fourth-order valence-electron chi connectivity index (χ4n) is 0.875. The van der Waals surface area contributed by atoms with E-state index in [1.54, 1.807) is 0 Å². The van der Waals surface area contributed by atoms with Gasteiger partial charge in [0, 0.05) is 5.56 Å². The van der Waals surface area contributed by atoms with Gasteiger partial charge in [0.15, 0.2) is 17.3 Å². The van der Waals surface area contributed by atoms with Gasteiger partial charge in [0.2, 0.25) is 0 Å². The molecule has 0 heterocycles. The van der Waals surface area contributed by atoms with Crippen LogP contribution >= 0.6 is 0 Å². The lowest BCUT2D eigenvalue weighted by Crippen LogP contribution is -1.92. The molecule has 3 nitrogen and oxygen atoms in total. The van der Waals surface area contributed by atoms with Crippen molar-refractivity contribution in [1.29, 1.82) is 0 Å². The van der Waals surface area contributed by atoms with Crippen LogP contribution in [0, 0.1) is 5.82 Å². The Bertz CT molecular complexity index is 257. The first-order valence-corrected chi connectivity index (χ1v) is 3.36. The van der Waals surface area contributed by atoms with Crippen molar-refractivity contribution in [1.82, 2.24) is 0 Å². The quantitative estimate of drug-likeness (QED) is 0.700. The number of rotatable bonds is 2. The first-order chi connectivity index (χ1) is 5.70. The normalized spacial score (nSPS) is 9.92. The summed E-state index contributed by atoms with van der Waals surface area (Å²) in [6.07, 6.45) is 0. The Morgan fingerprint density at radius 3 is 2.67 bits per heavy atom. The molecule has 0 atom stereocenters. The van der Waals surface area contributed by atoms with Crippen LogP contribution in [0.4, 0.5) is 4.39 Å². The molecule has 2 N–H and O–H groups in total. The lowest BCUT2D eigenvalue weighted by Gasteiger charge is -2.05. The Morgan fingerprint density at radius 2 is 2.17 bits per heavy atom. The van der Waals surface area contributed by atoms with Crippen molar-refractivity contribution in [2.75, 3.05) is 7.11 Å². The topological polar surface area (TPSA) is 49.7 Å². The van der Waals surface area contributed by atoms with Crippen molar-refractivity contribution in [3.63, 3.8) is 0 Å². The first-order valence-electron chi connectivity index (χ1n) is 3.36. The van der Waals surface area contributed by atoms with Crippen molar-refractivity contribution in [3.8, 4) is 11.5 Å². The van der Waals surface area contributed by atoms with E-state index in [9.17, 15) is 4.39 Å². The maximum absolute atomic E-state index is 13.0. The second kappa shape index (κ2) is 3.40. The van der Waals surface area contributed by atoms with E-state index in [2.05, 4.69) is 4.74 Å². The van der Waals surface area contributed by atoms with Gasteiger partial charge in [-0.05, 0) is 12.1 Å². The summed E-state index contributed by atoms with van der Waals surface area (Å²) in [6.45, 7) is -0.441. The van der Waals surface area contributed by atoms with Crippen LogP contribution in [0.1, 0.15) is 5.56 Å². The van der Waals surface area contributed by atoms with Crippen LogP contribution in [0.3, 0.4) is 0 Å². The van der Waals surface area contributed by atoms with E-state index in [4.69, 9.17) is 10.2 Å². The fourth-order valence-corrected chi connectivity index (χ4v) is 0.875. The third-order valence-corrected chi connectivity index (χ3v) is 1.55. The number of hydrogen-bond acceptors (Lipinski definition) is 3. The number of ether oxygens (including phenoxy) is 1. The molecule has 0 aliphatic carbocycles. The molecule has 0 fully saturated rings. The summed E-state index contributed by atoms with van der Waals surface area (Å²) in [5.41, 5.74) is 0.0494. The molecule has 12 heavy (non-hydrogen) atoms. The molecule has 0 aliphatic rings. The van der Waals surface area contributed by atoms with Crippen molar-refractivity contribution in [3.05, 3.63) is 23.5 Å².